The van der Waals surface area contributed by atoms with Crippen molar-refractivity contribution < 1.29 is 4.79 Å². The lowest BCUT2D eigenvalue weighted by molar-refractivity contribution is 0.102. The number of carbonyl (C=O) groups is 1. The number of anilines is 1. The number of aryl methyl sites for hydroxylation is 1. The Bertz CT molecular complexity index is 594. The fourth-order valence-corrected chi connectivity index (χ4v) is 3.43. The lowest BCUT2D eigenvalue weighted by Crippen LogP contribution is -2.11. The zero-order chi connectivity index (χ0) is 13.2. The van der Waals surface area contributed by atoms with E-state index in [4.69, 9.17) is 0 Å². The van der Waals surface area contributed by atoms with Gasteiger partial charge in [-0.3, -0.25) is 15.1 Å². The number of amides is 1. The Morgan fingerprint density at radius 1 is 1.42 bits per heavy atom. The summed E-state index contributed by atoms with van der Waals surface area (Å²) in [6, 6.07) is 3.40. The van der Waals surface area contributed by atoms with Crippen molar-refractivity contribution in [1.29, 1.82) is 0 Å². The molecule has 0 saturated carbocycles. The Morgan fingerprint density at radius 2 is 2.21 bits per heavy atom. The van der Waals surface area contributed by atoms with E-state index in [9.17, 15) is 4.79 Å². The minimum absolute atomic E-state index is 0.124. The molecule has 1 aliphatic rings. The summed E-state index contributed by atoms with van der Waals surface area (Å²) >= 11 is 1.60. The molecule has 0 saturated heterocycles. The minimum Gasteiger partial charge on any atom is -0.298 e. The molecule has 1 N–H and O–H groups in total. The van der Waals surface area contributed by atoms with Crippen LogP contribution in [-0.4, -0.2) is 15.9 Å². The predicted molar refractivity (Wildman–Crippen MR) is 75.5 cm³/mol. The van der Waals surface area contributed by atoms with Crippen LogP contribution in [0.2, 0.25) is 0 Å². The zero-order valence-electron chi connectivity index (χ0n) is 10.7. The molecule has 4 nitrogen and oxygen atoms in total. The van der Waals surface area contributed by atoms with Crippen LogP contribution in [0.1, 0.15) is 34.3 Å². The normalized spacial score (nSPS) is 17.8. The van der Waals surface area contributed by atoms with Crippen molar-refractivity contribution in [2.75, 3.05) is 5.32 Å². The maximum atomic E-state index is 12.0. The molecule has 1 unspecified atom stereocenters. The molecule has 0 spiro atoms. The van der Waals surface area contributed by atoms with E-state index in [2.05, 4.69) is 22.2 Å². The first-order chi connectivity index (χ1) is 9.22. The van der Waals surface area contributed by atoms with E-state index in [0.29, 0.717) is 10.7 Å². The third-order valence-electron chi connectivity index (χ3n) is 3.35. The van der Waals surface area contributed by atoms with Gasteiger partial charge in [0.05, 0.1) is 5.69 Å². The summed E-state index contributed by atoms with van der Waals surface area (Å²) in [5.41, 5.74) is 1.77. The first-order valence-corrected chi connectivity index (χ1v) is 7.24. The van der Waals surface area contributed by atoms with Gasteiger partial charge in [-0.1, -0.05) is 6.92 Å². The van der Waals surface area contributed by atoms with Gasteiger partial charge in [-0.2, -0.15) is 0 Å². The number of rotatable bonds is 2. The first-order valence-electron chi connectivity index (χ1n) is 6.42. The molecule has 3 rings (SSSR count). The predicted octanol–water partition coefficient (Wildman–Crippen LogP) is 2.92. The molecule has 0 aromatic carbocycles. The second-order valence-electron chi connectivity index (χ2n) is 4.93. The fourth-order valence-electron chi connectivity index (χ4n) is 2.27. The van der Waals surface area contributed by atoms with Crippen LogP contribution in [0.15, 0.2) is 24.5 Å². The molecule has 0 radical (unpaired) electrons. The van der Waals surface area contributed by atoms with Gasteiger partial charge in [0.25, 0.3) is 5.91 Å². The number of nitrogens with one attached hydrogen (secondary N) is 1. The fraction of sp³-hybridized carbons (Fsp3) is 0.357. The standard InChI is InChI=1S/C14H15N3OS/c1-9-2-3-11-12(8-9)19-14(16-11)17-13(18)10-4-6-15-7-5-10/h4-7,9H,2-3,8H2,1H3,(H,16,17,18). The highest BCUT2D eigenvalue weighted by Gasteiger charge is 2.20. The number of hydrogen-bond acceptors (Lipinski definition) is 4. The highest BCUT2D eigenvalue weighted by molar-refractivity contribution is 7.15. The van der Waals surface area contributed by atoms with Crippen LogP contribution in [-0.2, 0) is 12.8 Å². The molecule has 2 aromatic heterocycles. The lowest BCUT2D eigenvalue weighted by atomic mass is 9.93. The van der Waals surface area contributed by atoms with E-state index in [-0.39, 0.29) is 5.91 Å². The molecule has 98 valence electrons. The van der Waals surface area contributed by atoms with E-state index in [1.165, 1.54) is 11.3 Å². The second kappa shape index (κ2) is 5.09. The van der Waals surface area contributed by atoms with Crippen molar-refractivity contribution in [2.45, 2.75) is 26.2 Å². The van der Waals surface area contributed by atoms with Crippen molar-refractivity contribution in [3.63, 3.8) is 0 Å². The third kappa shape index (κ3) is 2.66. The van der Waals surface area contributed by atoms with Crippen molar-refractivity contribution in [3.05, 3.63) is 40.7 Å². The van der Waals surface area contributed by atoms with Crippen molar-refractivity contribution in [3.8, 4) is 0 Å². The van der Waals surface area contributed by atoms with Crippen molar-refractivity contribution in [1.82, 2.24) is 9.97 Å². The molecular weight excluding hydrogens is 258 g/mol. The number of carbonyl (C=O) groups excluding carboxylic acids is 1. The number of fused-ring (bicyclic) bond motifs is 1. The summed E-state index contributed by atoms with van der Waals surface area (Å²) in [6.07, 6.45) is 6.53. The van der Waals surface area contributed by atoms with E-state index in [0.717, 1.165) is 24.5 Å². The topological polar surface area (TPSA) is 54.9 Å². The number of pyridine rings is 1. The van der Waals surface area contributed by atoms with Gasteiger partial charge in [0.1, 0.15) is 0 Å². The first kappa shape index (κ1) is 12.3. The molecule has 1 amide bonds. The van der Waals surface area contributed by atoms with Gasteiger partial charge in [0, 0.05) is 22.8 Å². The zero-order valence-corrected chi connectivity index (χ0v) is 11.5. The molecule has 0 fully saturated rings. The van der Waals surface area contributed by atoms with Crippen LogP contribution in [0.4, 0.5) is 5.13 Å². The average Bonchev–Trinajstić information content (AvgIpc) is 2.81. The molecule has 2 aromatic rings. The van der Waals surface area contributed by atoms with Gasteiger partial charge >= 0.3 is 0 Å². The molecule has 1 aliphatic carbocycles. The van der Waals surface area contributed by atoms with E-state index in [1.54, 1.807) is 35.9 Å². The van der Waals surface area contributed by atoms with Gasteiger partial charge in [0.15, 0.2) is 5.13 Å². The minimum atomic E-state index is -0.124. The molecular formula is C14H15N3OS. The summed E-state index contributed by atoms with van der Waals surface area (Å²) in [4.78, 5) is 21.8. The summed E-state index contributed by atoms with van der Waals surface area (Å²) in [5, 5.41) is 3.58. The van der Waals surface area contributed by atoms with Crippen LogP contribution < -0.4 is 5.32 Å². The summed E-state index contributed by atoms with van der Waals surface area (Å²) in [6.45, 7) is 2.26. The van der Waals surface area contributed by atoms with Gasteiger partial charge in [-0.05, 0) is 37.3 Å². The number of hydrogen-bond donors (Lipinski definition) is 1. The number of thiazole rings is 1. The average molecular weight is 273 g/mol. The molecule has 19 heavy (non-hydrogen) atoms. The summed E-state index contributed by atoms with van der Waals surface area (Å²) < 4.78 is 0. The quantitative estimate of drug-likeness (QED) is 0.915. The van der Waals surface area contributed by atoms with Crippen LogP contribution in [0.3, 0.4) is 0 Å². The van der Waals surface area contributed by atoms with Crippen LogP contribution in [0.25, 0.3) is 0 Å². The van der Waals surface area contributed by atoms with Crippen molar-refractivity contribution in [2.24, 2.45) is 5.92 Å². The third-order valence-corrected chi connectivity index (χ3v) is 4.38. The highest BCUT2D eigenvalue weighted by atomic mass is 32.1. The van der Waals surface area contributed by atoms with Gasteiger partial charge in [0.2, 0.25) is 0 Å². The molecule has 0 aliphatic heterocycles. The smallest absolute Gasteiger partial charge is 0.257 e. The number of nitrogens with zero attached hydrogens (tertiary/aromatic N) is 2. The van der Waals surface area contributed by atoms with Gasteiger partial charge < -0.3 is 0 Å². The van der Waals surface area contributed by atoms with Crippen molar-refractivity contribution >= 4 is 22.4 Å². The monoisotopic (exact) mass is 273 g/mol. The van der Waals surface area contributed by atoms with E-state index >= 15 is 0 Å². The van der Waals surface area contributed by atoms with Gasteiger partial charge in [-0.25, -0.2) is 4.98 Å². The SMILES string of the molecule is CC1CCc2nc(NC(=O)c3ccncc3)sc2C1. The largest absolute Gasteiger partial charge is 0.298 e. The molecule has 1 atom stereocenters. The molecule has 5 heteroatoms. The molecule has 0 bridgehead atoms. The summed E-state index contributed by atoms with van der Waals surface area (Å²) in [5.74, 6) is 0.596. The van der Waals surface area contributed by atoms with Gasteiger partial charge in [-0.15, -0.1) is 11.3 Å². The maximum Gasteiger partial charge on any atom is 0.257 e. The number of aromatic nitrogens is 2. The highest BCUT2D eigenvalue weighted by Crippen LogP contribution is 2.32. The Hall–Kier alpha value is -1.75. The van der Waals surface area contributed by atoms with E-state index < -0.39 is 0 Å². The Kier molecular flexibility index (Phi) is 3.29. The molecule has 2 heterocycles. The Labute approximate surface area is 115 Å². The summed E-state index contributed by atoms with van der Waals surface area (Å²) in [7, 11) is 0. The Balaban J connectivity index is 1.76. The van der Waals surface area contributed by atoms with Crippen LogP contribution in [0.5, 0.6) is 0 Å². The van der Waals surface area contributed by atoms with E-state index in [1.807, 2.05) is 0 Å². The maximum absolute atomic E-state index is 12.0. The Morgan fingerprint density at radius 3 is 3.00 bits per heavy atom. The second-order valence-corrected chi connectivity index (χ2v) is 6.01. The van der Waals surface area contributed by atoms with Crippen LogP contribution in [0, 0.1) is 5.92 Å². The van der Waals surface area contributed by atoms with Crippen LogP contribution >= 0.6 is 11.3 Å². The lowest BCUT2D eigenvalue weighted by Gasteiger charge is -2.15.